The third kappa shape index (κ3) is 2.58. The number of fused-ring (bicyclic) bond motifs is 4. The Labute approximate surface area is 145 Å². The van der Waals surface area contributed by atoms with Gasteiger partial charge in [-0.1, -0.05) is 12.1 Å². The molecule has 0 aromatic heterocycles. The molecule has 0 fully saturated rings. The van der Waals surface area contributed by atoms with Gasteiger partial charge in [0.1, 0.15) is 12.4 Å². The molecule has 2 aromatic rings. The predicted octanol–water partition coefficient (Wildman–Crippen LogP) is -0.867. The topological polar surface area (TPSA) is 66.4 Å². The maximum atomic E-state index is 12.0. The Morgan fingerprint density at radius 3 is 2.61 bits per heavy atom. The number of carbonyl (C=O) groups excluding carboxylic acids is 2. The van der Waals surface area contributed by atoms with E-state index in [-0.39, 0.29) is 30.2 Å². The number of ether oxygens (including phenoxy) is 1. The van der Waals surface area contributed by atoms with E-state index in [4.69, 9.17) is 4.74 Å². The van der Waals surface area contributed by atoms with E-state index in [2.05, 4.69) is 0 Å². The Balaban J connectivity index is 0.00000156. The minimum absolute atomic E-state index is 0. The Kier molecular flexibility index (Phi) is 4.05. The van der Waals surface area contributed by atoms with Gasteiger partial charge in [-0.2, -0.15) is 0 Å². The second kappa shape index (κ2) is 5.88. The fourth-order valence-corrected chi connectivity index (χ4v) is 3.25. The zero-order valence-corrected chi connectivity index (χ0v) is 12.8. The van der Waals surface area contributed by atoms with Crippen molar-refractivity contribution in [2.75, 3.05) is 0 Å². The van der Waals surface area contributed by atoms with Gasteiger partial charge in [0, 0.05) is 17.5 Å². The first-order valence-electron chi connectivity index (χ1n) is 7.31. The third-order valence-electron chi connectivity index (χ3n) is 4.37. The smallest absolute Gasteiger partial charge is 0.545 e. The number of hydrogen-bond donors (Lipinski definition) is 0. The molecule has 0 amide bonds. The average Bonchev–Trinajstić information content (AvgIpc) is 2.53. The molecule has 2 aliphatic rings. The van der Waals surface area contributed by atoms with E-state index in [0.29, 0.717) is 18.8 Å². The summed E-state index contributed by atoms with van der Waals surface area (Å²) in [7, 11) is 0. The van der Waals surface area contributed by atoms with E-state index in [1.54, 1.807) is 18.2 Å². The number of ketones is 1. The molecule has 110 valence electrons. The van der Waals surface area contributed by atoms with Crippen molar-refractivity contribution in [2.45, 2.75) is 25.9 Å². The van der Waals surface area contributed by atoms with Gasteiger partial charge in [-0.05, 0) is 53.3 Å². The van der Waals surface area contributed by atoms with Crippen LogP contribution in [0, 0.1) is 0 Å². The maximum absolute atomic E-state index is 12.0. The predicted molar refractivity (Wildman–Crippen MR) is 77.8 cm³/mol. The molecule has 1 aliphatic heterocycles. The molecule has 4 nitrogen and oxygen atoms in total. The van der Waals surface area contributed by atoms with Gasteiger partial charge >= 0.3 is 18.9 Å². The van der Waals surface area contributed by atoms with Gasteiger partial charge in [-0.25, -0.2) is 0 Å². The Morgan fingerprint density at radius 1 is 1.00 bits per heavy atom. The Bertz CT molecular complexity index is 826. The van der Waals surface area contributed by atoms with Crippen LogP contribution in [0.25, 0.3) is 11.1 Å². The maximum Gasteiger partial charge on any atom is 1.00 e. The molecule has 23 heavy (non-hydrogen) atoms. The largest absolute Gasteiger partial charge is 1.00 e. The van der Waals surface area contributed by atoms with Crippen molar-refractivity contribution in [3.63, 3.8) is 0 Å². The number of carbonyl (C=O) groups is 2. The van der Waals surface area contributed by atoms with Crippen LogP contribution in [0.5, 0.6) is 5.75 Å². The number of aromatic carboxylic acids is 1. The van der Waals surface area contributed by atoms with Gasteiger partial charge in [0.2, 0.25) is 0 Å². The van der Waals surface area contributed by atoms with Gasteiger partial charge in [-0.15, -0.1) is 0 Å². The van der Waals surface area contributed by atoms with Gasteiger partial charge in [0.25, 0.3) is 0 Å². The van der Waals surface area contributed by atoms with Crippen molar-refractivity contribution >= 4 is 11.8 Å². The monoisotopic (exact) mass is 300 g/mol. The molecule has 1 heterocycles. The summed E-state index contributed by atoms with van der Waals surface area (Å²) in [5.41, 5.74) is 4.69. The molecule has 0 saturated heterocycles. The summed E-state index contributed by atoms with van der Waals surface area (Å²) < 4.78 is 5.73. The first-order chi connectivity index (χ1) is 10.6. The van der Waals surface area contributed by atoms with Crippen LogP contribution in [-0.2, 0) is 13.0 Å². The van der Waals surface area contributed by atoms with Crippen LogP contribution in [0.1, 0.15) is 44.7 Å². The van der Waals surface area contributed by atoms with E-state index in [0.717, 1.165) is 40.7 Å². The number of Topliss-reactive ketones (excluding diaryl/α,β-unsaturated/α-hetero) is 1. The average molecular weight is 300 g/mol. The summed E-state index contributed by atoms with van der Waals surface area (Å²) in [5, 5.41) is 11.0. The molecule has 0 atom stereocenters. The number of carboxylic acid groups (broad SMARTS) is 1. The van der Waals surface area contributed by atoms with E-state index in [1.807, 2.05) is 12.1 Å². The van der Waals surface area contributed by atoms with Gasteiger partial charge < -0.3 is 14.6 Å². The van der Waals surface area contributed by atoms with Crippen molar-refractivity contribution in [1.82, 2.24) is 0 Å². The first kappa shape index (κ1) is 15.9. The van der Waals surface area contributed by atoms with Crippen LogP contribution in [0.4, 0.5) is 0 Å². The number of aryl methyl sites for hydroxylation is 1. The van der Waals surface area contributed by atoms with Crippen LogP contribution < -0.4 is 28.7 Å². The quantitative estimate of drug-likeness (QED) is 0.642. The van der Waals surface area contributed by atoms with Gasteiger partial charge in [0.15, 0.2) is 5.78 Å². The second-order valence-electron chi connectivity index (χ2n) is 5.73. The van der Waals surface area contributed by atoms with E-state index < -0.39 is 5.97 Å². The molecule has 1 aliphatic carbocycles. The van der Waals surface area contributed by atoms with Gasteiger partial charge in [-0.3, -0.25) is 4.79 Å². The fourth-order valence-electron chi connectivity index (χ4n) is 3.25. The second-order valence-corrected chi connectivity index (χ2v) is 5.73. The normalized spacial score (nSPS) is 14.7. The summed E-state index contributed by atoms with van der Waals surface area (Å²) in [4.78, 5) is 23.0. The first-order valence-corrected chi connectivity index (χ1v) is 7.31. The summed E-state index contributed by atoms with van der Waals surface area (Å²) in [6.45, 7) is 0.302. The molecule has 0 radical (unpaired) electrons. The molecule has 0 N–H and O–H groups in total. The molecule has 0 spiro atoms. The van der Waals surface area contributed by atoms with Crippen molar-refractivity contribution < 1.29 is 38.3 Å². The molecule has 4 rings (SSSR count). The van der Waals surface area contributed by atoms with Crippen molar-refractivity contribution in [1.29, 1.82) is 0 Å². The van der Waals surface area contributed by atoms with E-state index in [9.17, 15) is 14.7 Å². The summed E-state index contributed by atoms with van der Waals surface area (Å²) in [6, 6.07) is 8.78. The van der Waals surface area contributed by atoms with Crippen molar-refractivity contribution in [2.24, 2.45) is 0 Å². The van der Waals surface area contributed by atoms with Crippen LogP contribution in [-0.4, -0.2) is 11.8 Å². The van der Waals surface area contributed by atoms with Crippen molar-refractivity contribution in [3.8, 4) is 16.9 Å². The van der Waals surface area contributed by atoms with Crippen LogP contribution in [0.15, 0.2) is 30.3 Å². The molecule has 0 saturated carbocycles. The summed E-state index contributed by atoms with van der Waals surface area (Å²) in [6.07, 6.45) is 2.36. The molecule has 5 heteroatoms. The zero-order chi connectivity index (χ0) is 15.3. The minimum Gasteiger partial charge on any atom is -0.545 e. The number of benzene rings is 2. The fraction of sp³-hybridized carbons (Fsp3) is 0.222. The van der Waals surface area contributed by atoms with Crippen LogP contribution in [0.3, 0.4) is 0 Å². The van der Waals surface area contributed by atoms with E-state index >= 15 is 0 Å². The Morgan fingerprint density at radius 2 is 1.83 bits per heavy atom. The number of carboxylic acids is 1. The summed E-state index contributed by atoms with van der Waals surface area (Å²) in [5.74, 6) is -0.321. The molecule has 0 unspecified atom stereocenters. The Hall–Kier alpha value is -2.02. The third-order valence-corrected chi connectivity index (χ3v) is 4.37. The molecular formula is C18H13LiO4. The van der Waals surface area contributed by atoms with E-state index in [1.165, 1.54) is 0 Å². The number of hydrogen-bond acceptors (Lipinski definition) is 4. The standard InChI is InChI=1S/C18H14O4.Li/c19-16-3-1-2-10-7-15-13-5-4-11(18(20)21)6-12(13)9-22-17(15)8-14(10)16;/h4-8H,1-3,9H2,(H,20,21);/q;+1/p-1. The van der Waals surface area contributed by atoms with Crippen molar-refractivity contribution in [3.05, 3.63) is 52.6 Å². The minimum atomic E-state index is -1.19. The van der Waals surface area contributed by atoms with Gasteiger partial charge in [0.05, 0.1) is 5.97 Å². The molecule has 0 bridgehead atoms. The van der Waals surface area contributed by atoms with Crippen LogP contribution >= 0.6 is 0 Å². The zero-order valence-electron chi connectivity index (χ0n) is 12.8. The molecular weight excluding hydrogens is 287 g/mol. The van der Waals surface area contributed by atoms with Crippen LogP contribution in [0.2, 0.25) is 0 Å². The SMILES string of the molecule is O=C([O-])c1ccc2c(c1)COc1cc3c(cc1-2)CCCC3=O.[Li+]. The molecule has 2 aromatic carbocycles. The summed E-state index contributed by atoms with van der Waals surface area (Å²) >= 11 is 0. The number of rotatable bonds is 1.